The largest absolute Gasteiger partial charge is 0.369 e. The SMILES string of the molecule is O=C1C(c2nc3ccccc3s2)=CN2C3C(CCC4CCCCC43)OC3C(NCCCn4ccnc4)C(F)CC1C32. The number of para-hydroxylation sites is 1. The molecule has 7 nitrogen and oxygen atoms in total. The molecule has 9 heteroatoms. The van der Waals surface area contributed by atoms with Crippen LogP contribution in [0.1, 0.15) is 56.4 Å². The zero-order valence-electron chi connectivity index (χ0n) is 23.3. The molecule has 216 valence electrons. The number of rotatable bonds is 6. The van der Waals surface area contributed by atoms with Crippen molar-refractivity contribution < 1.29 is 13.9 Å². The van der Waals surface area contributed by atoms with E-state index in [0.29, 0.717) is 18.0 Å². The summed E-state index contributed by atoms with van der Waals surface area (Å²) in [5, 5.41) is 4.31. The molecule has 41 heavy (non-hydrogen) atoms. The topological polar surface area (TPSA) is 72.3 Å². The van der Waals surface area contributed by atoms with Crippen molar-refractivity contribution in [3.05, 3.63) is 54.2 Å². The predicted octanol–water partition coefficient (Wildman–Crippen LogP) is 5.23. The fourth-order valence-corrected chi connectivity index (χ4v) is 9.72. The summed E-state index contributed by atoms with van der Waals surface area (Å²) in [5.41, 5.74) is 1.58. The number of hydrogen-bond acceptors (Lipinski definition) is 7. The molecule has 2 aromatic heterocycles. The third-order valence-electron chi connectivity index (χ3n) is 10.5. The number of Topliss-reactive ketones (excluding diaryl/α,β-unsaturated/α-hetero) is 1. The summed E-state index contributed by atoms with van der Waals surface area (Å²) in [6.07, 6.45) is 14.7. The zero-order chi connectivity index (χ0) is 27.5. The van der Waals surface area contributed by atoms with E-state index in [4.69, 9.17) is 9.72 Å². The number of aryl methyl sites for hydroxylation is 1. The van der Waals surface area contributed by atoms with Crippen molar-refractivity contribution in [1.29, 1.82) is 0 Å². The number of nitrogens with zero attached hydrogens (tertiary/aromatic N) is 4. The smallest absolute Gasteiger partial charge is 0.172 e. The molecule has 1 aromatic carbocycles. The molecule has 2 aliphatic heterocycles. The fourth-order valence-electron chi connectivity index (χ4n) is 8.74. The average Bonchev–Trinajstić information content (AvgIpc) is 3.67. The summed E-state index contributed by atoms with van der Waals surface area (Å²) in [5.74, 6) is 0.899. The average molecular weight is 576 g/mol. The highest BCUT2D eigenvalue weighted by molar-refractivity contribution is 7.19. The molecule has 0 spiro atoms. The first-order chi connectivity index (χ1) is 20.2. The van der Waals surface area contributed by atoms with E-state index in [1.54, 1.807) is 17.5 Å². The van der Waals surface area contributed by atoms with Gasteiger partial charge in [0.05, 0.1) is 52.5 Å². The van der Waals surface area contributed by atoms with Gasteiger partial charge < -0.3 is 19.5 Å². The molecule has 3 saturated carbocycles. The van der Waals surface area contributed by atoms with Crippen LogP contribution >= 0.6 is 11.3 Å². The normalized spacial score (nSPS) is 36.4. The monoisotopic (exact) mass is 575 g/mol. The van der Waals surface area contributed by atoms with Crippen molar-refractivity contribution in [3.8, 4) is 0 Å². The molecule has 3 aliphatic carbocycles. The summed E-state index contributed by atoms with van der Waals surface area (Å²) in [7, 11) is 0. The first kappa shape index (κ1) is 26.0. The van der Waals surface area contributed by atoms with Crippen molar-refractivity contribution in [2.45, 2.75) is 94.4 Å². The Kier molecular flexibility index (Phi) is 6.72. The molecule has 4 fully saturated rings. The summed E-state index contributed by atoms with van der Waals surface area (Å²) in [6.45, 7) is 1.53. The number of fused-ring (bicyclic) bond motifs is 5. The Morgan fingerprint density at radius 3 is 2.90 bits per heavy atom. The van der Waals surface area contributed by atoms with E-state index in [1.165, 1.54) is 32.1 Å². The first-order valence-electron chi connectivity index (χ1n) is 15.5. The number of carbonyl (C=O) groups excluding carboxylic acids is 1. The Balaban J connectivity index is 1.14. The molecule has 1 N–H and O–H groups in total. The molecule has 4 heterocycles. The molecule has 0 bridgehead atoms. The minimum Gasteiger partial charge on any atom is -0.369 e. The van der Waals surface area contributed by atoms with Crippen LogP contribution in [0.25, 0.3) is 15.8 Å². The lowest BCUT2D eigenvalue weighted by Crippen LogP contribution is -2.74. The maximum atomic E-state index is 16.1. The second-order valence-electron chi connectivity index (χ2n) is 12.7. The summed E-state index contributed by atoms with van der Waals surface area (Å²) < 4.78 is 26.2. The second-order valence-corrected chi connectivity index (χ2v) is 13.8. The maximum absolute atomic E-state index is 16.1. The van der Waals surface area contributed by atoms with Crippen molar-refractivity contribution in [2.24, 2.45) is 17.8 Å². The van der Waals surface area contributed by atoms with Gasteiger partial charge in [0, 0.05) is 31.1 Å². The molecule has 3 aromatic rings. The number of ketones is 1. The number of halogens is 1. The van der Waals surface area contributed by atoms with E-state index in [9.17, 15) is 4.79 Å². The van der Waals surface area contributed by atoms with Gasteiger partial charge in [-0.05, 0) is 62.6 Å². The third-order valence-corrected chi connectivity index (χ3v) is 11.6. The number of carbonyl (C=O) groups is 1. The lowest BCUT2D eigenvalue weighted by Gasteiger charge is -2.62. The Labute approximate surface area is 244 Å². The molecule has 9 atom stereocenters. The molecule has 0 radical (unpaired) electrons. The molecule has 9 unspecified atom stereocenters. The van der Waals surface area contributed by atoms with Gasteiger partial charge in [0.2, 0.25) is 0 Å². The predicted molar refractivity (Wildman–Crippen MR) is 157 cm³/mol. The van der Waals surface area contributed by atoms with E-state index in [-0.39, 0.29) is 36.5 Å². The van der Waals surface area contributed by atoms with Crippen LogP contribution in [0.5, 0.6) is 0 Å². The molecule has 5 aliphatic rings. The van der Waals surface area contributed by atoms with Crippen molar-refractivity contribution >= 4 is 32.9 Å². The number of morpholine rings is 1. The van der Waals surface area contributed by atoms with Gasteiger partial charge >= 0.3 is 0 Å². The van der Waals surface area contributed by atoms with Gasteiger partial charge in [0.1, 0.15) is 11.2 Å². The molecule has 8 rings (SSSR count). The third kappa shape index (κ3) is 4.46. The molecule has 1 saturated heterocycles. The van der Waals surface area contributed by atoms with E-state index < -0.39 is 18.1 Å². The van der Waals surface area contributed by atoms with Gasteiger partial charge in [-0.2, -0.15) is 0 Å². The van der Waals surface area contributed by atoms with Crippen molar-refractivity contribution in [3.63, 3.8) is 0 Å². The standard InChI is InChI=1S/C32H38FN5O2S/c33-23-16-21-29-31(27(23)35-12-5-14-37-15-13-34-18-37)40-25-11-10-19-6-1-2-7-20(19)28(25)38(29)17-22(30(21)39)32-36-24-8-3-4-9-26(24)41-32/h3-4,8-9,13,15,17-21,23,25,27-29,31,35H,1-2,5-7,10-12,14,16H2. The van der Waals surface area contributed by atoms with Crippen LogP contribution in [0.4, 0.5) is 4.39 Å². The number of aromatic nitrogens is 3. The van der Waals surface area contributed by atoms with Crippen LogP contribution in [0.15, 0.2) is 49.2 Å². The molecule has 0 amide bonds. The van der Waals surface area contributed by atoms with Crippen LogP contribution in [0.2, 0.25) is 0 Å². The quantitative estimate of drug-likeness (QED) is 0.406. The minimum atomic E-state index is -1.14. The highest BCUT2D eigenvalue weighted by atomic mass is 32.1. The van der Waals surface area contributed by atoms with Gasteiger partial charge in [-0.1, -0.05) is 31.4 Å². The van der Waals surface area contributed by atoms with Crippen LogP contribution < -0.4 is 5.32 Å². The molecular formula is C32H38FN5O2S. The Bertz CT molecular complexity index is 1410. The van der Waals surface area contributed by atoms with Gasteiger partial charge in [-0.3, -0.25) is 4.79 Å². The Hall–Kier alpha value is -2.62. The first-order valence-corrected chi connectivity index (χ1v) is 16.4. The van der Waals surface area contributed by atoms with Crippen LogP contribution in [0, 0.1) is 17.8 Å². The lowest BCUT2D eigenvalue weighted by molar-refractivity contribution is -0.213. The van der Waals surface area contributed by atoms with Gasteiger partial charge in [0.15, 0.2) is 5.78 Å². The number of imidazole rings is 1. The number of hydrogen-bond donors (Lipinski definition) is 1. The number of nitrogens with one attached hydrogen (secondary N) is 1. The number of allylic oxidation sites excluding steroid dienone is 1. The Morgan fingerprint density at radius 1 is 1.12 bits per heavy atom. The van der Waals surface area contributed by atoms with Crippen molar-refractivity contribution in [2.75, 3.05) is 6.54 Å². The summed E-state index contributed by atoms with van der Waals surface area (Å²) >= 11 is 1.57. The van der Waals surface area contributed by atoms with Gasteiger partial charge in [-0.15, -0.1) is 11.3 Å². The van der Waals surface area contributed by atoms with Crippen molar-refractivity contribution in [1.82, 2.24) is 24.8 Å². The second kappa shape index (κ2) is 10.6. The Morgan fingerprint density at radius 2 is 2.02 bits per heavy atom. The fraction of sp³-hybridized carbons (Fsp3) is 0.594. The van der Waals surface area contributed by atoms with Crippen LogP contribution in [-0.2, 0) is 16.1 Å². The van der Waals surface area contributed by atoms with E-state index >= 15 is 4.39 Å². The number of thiazole rings is 1. The zero-order valence-corrected chi connectivity index (χ0v) is 24.1. The summed E-state index contributed by atoms with van der Waals surface area (Å²) in [6, 6.07) is 7.74. The van der Waals surface area contributed by atoms with Crippen LogP contribution in [0.3, 0.4) is 0 Å². The van der Waals surface area contributed by atoms with E-state index in [0.717, 1.165) is 40.5 Å². The lowest BCUT2D eigenvalue weighted by atomic mass is 9.63. The highest BCUT2D eigenvalue weighted by Crippen LogP contribution is 2.52. The van der Waals surface area contributed by atoms with E-state index in [2.05, 4.69) is 27.5 Å². The van der Waals surface area contributed by atoms with Gasteiger partial charge in [0.25, 0.3) is 0 Å². The number of alkyl halides is 1. The molecular weight excluding hydrogens is 537 g/mol. The highest BCUT2D eigenvalue weighted by Gasteiger charge is 2.60. The summed E-state index contributed by atoms with van der Waals surface area (Å²) in [4.78, 5) is 25.7. The minimum absolute atomic E-state index is 0.0366. The van der Waals surface area contributed by atoms with Gasteiger partial charge in [-0.25, -0.2) is 14.4 Å². The number of ether oxygens (including phenoxy) is 1. The van der Waals surface area contributed by atoms with Crippen LogP contribution in [-0.4, -0.2) is 68.3 Å². The van der Waals surface area contributed by atoms with E-state index in [1.807, 2.05) is 35.3 Å². The maximum Gasteiger partial charge on any atom is 0.172 e. The number of benzene rings is 1.